The fraction of sp³-hybridized carbons (Fsp3) is 0.467. The molecular weight excluding hydrogens is 298 g/mol. The molecule has 0 bridgehead atoms. The van der Waals surface area contributed by atoms with Gasteiger partial charge in [0, 0.05) is 5.56 Å². The number of hydrogen-bond acceptors (Lipinski definition) is 4. The summed E-state index contributed by atoms with van der Waals surface area (Å²) in [5.41, 5.74) is 14.0. The number of hydrogen-bond donors (Lipinski definition) is 3. The topological polar surface area (TPSA) is 140 Å². The summed E-state index contributed by atoms with van der Waals surface area (Å²) < 4.78 is 0. The average molecular weight is 323 g/mol. The number of unbranched alkanes of at least 4 members (excludes halogenated alkanes) is 3. The first-order valence-electron chi connectivity index (χ1n) is 7.43. The van der Waals surface area contributed by atoms with Crippen molar-refractivity contribution in [3.05, 3.63) is 45.5 Å². The fourth-order valence-corrected chi connectivity index (χ4v) is 1.97. The Labute approximate surface area is 136 Å². The van der Waals surface area contributed by atoms with Crippen LogP contribution >= 0.6 is 0 Å². The second kappa shape index (κ2) is 12.0. The van der Waals surface area contributed by atoms with Crippen LogP contribution < -0.4 is 11.5 Å². The largest absolute Gasteiger partial charge is 0.369 e. The molecule has 0 saturated heterocycles. The highest BCUT2D eigenvalue weighted by atomic mass is 16.9. The van der Waals surface area contributed by atoms with Crippen molar-refractivity contribution in [1.29, 1.82) is 0 Å². The normalized spacial score (nSPS) is 10.4. The van der Waals surface area contributed by atoms with Crippen molar-refractivity contribution in [1.82, 2.24) is 0 Å². The summed E-state index contributed by atoms with van der Waals surface area (Å²) in [7, 11) is 0. The van der Waals surface area contributed by atoms with Gasteiger partial charge in [-0.15, -0.1) is 15.2 Å². The van der Waals surface area contributed by atoms with E-state index >= 15 is 0 Å². The molecule has 0 amide bonds. The summed E-state index contributed by atoms with van der Waals surface area (Å²) >= 11 is 0. The Kier molecular flexibility index (Phi) is 10.6. The van der Waals surface area contributed by atoms with E-state index in [-0.39, 0.29) is 5.96 Å². The van der Waals surface area contributed by atoms with Gasteiger partial charge >= 0.3 is 0 Å². The van der Waals surface area contributed by atoms with E-state index in [2.05, 4.69) is 36.2 Å². The van der Waals surface area contributed by atoms with Crippen molar-refractivity contribution in [2.24, 2.45) is 21.7 Å². The molecule has 0 aliphatic rings. The molecule has 0 saturated carbocycles. The van der Waals surface area contributed by atoms with Crippen molar-refractivity contribution < 1.29 is 10.3 Å². The summed E-state index contributed by atoms with van der Waals surface area (Å²) in [6.07, 6.45) is 5.71. The smallest absolute Gasteiger partial charge is 0.291 e. The van der Waals surface area contributed by atoms with Gasteiger partial charge in [-0.25, -0.2) is 0 Å². The summed E-state index contributed by atoms with van der Waals surface area (Å²) in [6.45, 7) is 4.28. The van der Waals surface area contributed by atoms with Gasteiger partial charge in [0.05, 0.1) is 5.71 Å². The van der Waals surface area contributed by atoms with E-state index < -0.39 is 5.09 Å². The first kappa shape index (κ1) is 20.4. The second-order valence-electron chi connectivity index (χ2n) is 4.93. The molecule has 0 aliphatic carbocycles. The van der Waals surface area contributed by atoms with Gasteiger partial charge in [-0.1, -0.05) is 50.5 Å². The van der Waals surface area contributed by atoms with E-state index in [9.17, 15) is 0 Å². The van der Waals surface area contributed by atoms with Gasteiger partial charge in [0.25, 0.3) is 5.09 Å². The van der Waals surface area contributed by atoms with Gasteiger partial charge in [-0.05, 0) is 25.3 Å². The van der Waals surface area contributed by atoms with E-state index in [4.69, 9.17) is 26.8 Å². The summed E-state index contributed by atoms with van der Waals surface area (Å²) in [6, 6.07) is 8.18. The first-order chi connectivity index (χ1) is 10.9. The minimum absolute atomic E-state index is 0.000331. The highest BCUT2D eigenvalue weighted by Gasteiger charge is 2.06. The quantitative estimate of drug-likeness (QED) is 0.232. The lowest BCUT2D eigenvalue weighted by Crippen LogP contribution is -2.22. The van der Waals surface area contributed by atoms with Crippen LogP contribution in [0.15, 0.2) is 34.5 Å². The van der Waals surface area contributed by atoms with Crippen LogP contribution in [0.4, 0.5) is 0 Å². The molecule has 23 heavy (non-hydrogen) atoms. The van der Waals surface area contributed by atoms with Crippen molar-refractivity contribution >= 4 is 11.7 Å². The van der Waals surface area contributed by atoms with Crippen LogP contribution in [-0.4, -0.2) is 22.0 Å². The predicted molar refractivity (Wildman–Crippen MR) is 91.1 cm³/mol. The third kappa shape index (κ3) is 10.7. The Morgan fingerprint density at radius 1 is 1.22 bits per heavy atom. The Balaban J connectivity index is 0.00000108. The molecule has 0 aromatic heterocycles. The summed E-state index contributed by atoms with van der Waals surface area (Å²) in [5.74, 6) is -0.000331. The predicted octanol–water partition coefficient (Wildman–Crippen LogP) is 2.60. The number of nitrogens with two attached hydrogens (primary N) is 2. The van der Waals surface area contributed by atoms with Gasteiger partial charge < -0.3 is 16.7 Å². The van der Waals surface area contributed by atoms with Crippen molar-refractivity contribution in [3.8, 4) is 0 Å². The molecule has 0 fully saturated rings. The summed E-state index contributed by atoms with van der Waals surface area (Å²) in [4.78, 5) is 8.36. The first-order valence-corrected chi connectivity index (χ1v) is 7.43. The maximum Gasteiger partial charge on any atom is 0.291 e. The molecule has 1 rings (SSSR count). The van der Waals surface area contributed by atoms with Crippen LogP contribution in [0, 0.1) is 17.0 Å². The molecule has 1 aromatic carbocycles. The highest BCUT2D eigenvalue weighted by Crippen LogP contribution is 2.14. The number of rotatable bonds is 7. The van der Waals surface area contributed by atoms with E-state index in [1.165, 1.54) is 24.8 Å². The molecule has 8 nitrogen and oxygen atoms in total. The Bertz CT molecular complexity index is 536. The zero-order valence-electron chi connectivity index (χ0n) is 13.6. The van der Waals surface area contributed by atoms with Crippen LogP contribution in [0.25, 0.3) is 0 Å². The molecule has 5 N–H and O–H groups in total. The monoisotopic (exact) mass is 323 g/mol. The number of benzene rings is 1. The summed E-state index contributed by atoms with van der Waals surface area (Å²) in [5, 5.41) is 21.6. The minimum Gasteiger partial charge on any atom is -0.369 e. The Morgan fingerprint density at radius 3 is 2.35 bits per heavy atom. The minimum atomic E-state index is -1.50. The zero-order valence-corrected chi connectivity index (χ0v) is 13.6. The third-order valence-electron chi connectivity index (χ3n) is 3.01. The third-order valence-corrected chi connectivity index (χ3v) is 3.01. The SMILES string of the molecule is CCCCCC/C(=N\N=C(N)N)c1ccccc1C.O=[N+]([O-])O. The van der Waals surface area contributed by atoms with E-state index in [1.54, 1.807) is 0 Å². The van der Waals surface area contributed by atoms with Gasteiger partial charge in [-0.2, -0.15) is 5.10 Å². The number of guanidine groups is 1. The van der Waals surface area contributed by atoms with Crippen molar-refractivity contribution in [3.63, 3.8) is 0 Å². The molecule has 1 aromatic rings. The fourth-order valence-electron chi connectivity index (χ4n) is 1.97. The van der Waals surface area contributed by atoms with Crippen LogP contribution in [0.3, 0.4) is 0 Å². The number of aryl methyl sites for hydroxylation is 1. The lowest BCUT2D eigenvalue weighted by Gasteiger charge is -2.08. The van der Waals surface area contributed by atoms with Crippen LogP contribution in [0.1, 0.15) is 50.2 Å². The van der Waals surface area contributed by atoms with Crippen LogP contribution in [-0.2, 0) is 0 Å². The Morgan fingerprint density at radius 2 is 1.83 bits per heavy atom. The van der Waals surface area contributed by atoms with E-state index in [1.807, 2.05) is 12.1 Å². The standard InChI is InChI=1S/C15H24N4.HNO3/c1-3-4-5-6-11-14(18-19-15(16)17)13-10-8-7-9-12(13)2;2-1(3)4/h7-10H,3-6,11H2,1-2H3,(H4,16,17,19);(H,2,3,4)/b18-14+;. The average Bonchev–Trinajstić information content (AvgIpc) is 2.47. The number of nitrogens with zero attached hydrogens (tertiary/aromatic N) is 3. The molecule has 0 atom stereocenters. The molecule has 128 valence electrons. The highest BCUT2D eigenvalue weighted by molar-refractivity contribution is 6.02. The lowest BCUT2D eigenvalue weighted by molar-refractivity contribution is -0.742. The second-order valence-corrected chi connectivity index (χ2v) is 4.93. The maximum atomic E-state index is 8.36. The maximum absolute atomic E-state index is 8.36. The van der Waals surface area contributed by atoms with Gasteiger partial charge in [0.1, 0.15) is 0 Å². The van der Waals surface area contributed by atoms with Crippen molar-refractivity contribution in [2.45, 2.75) is 46.0 Å². The lowest BCUT2D eigenvalue weighted by atomic mass is 9.99. The molecule has 0 aliphatic heterocycles. The van der Waals surface area contributed by atoms with E-state index in [0.717, 1.165) is 24.1 Å². The van der Waals surface area contributed by atoms with Gasteiger partial charge in [0.15, 0.2) is 0 Å². The molecule has 0 spiro atoms. The van der Waals surface area contributed by atoms with Gasteiger partial charge in [-0.3, -0.25) is 0 Å². The van der Waals surface area contributed by atoms with E-state index in [0.29, 0.717) is 0 Å². The molecule has 0 heterocycles. The molecular formula is C15H25N5O3. The van der Waals surface area contributed by atoms with Gasteiger partial charge in [0.2, 0.25) is 5.96 Å². The van der Waals surface area contributed by atoms with Crippen molar-refractivity contribution in [2.75, 3.05) is 0 Å². The van der Waals surface area contributed by atoms with Crippen LogP contribution in [0.2, 0.25) is 0 Å². The Hall–Kier alpha value is -2.64. The van der Waals surface area contributed by atoms with Crippen LogP contribution in [0.5, 0.6) is 0 Å². The zero-order chi connectivity index (χ0) is 17.7. The molecule has 8 heteroatoms. The molecule has 0 unspecified atom stereocenters. The molecule has 0 radical (unpaired) electrons.